The molecular formula is C11H12ClF3N2O2. The molecule has 1 aromatic carbocycles. The molecule has 1 rings (SSSR count). The van der Waals surface area contributed by atoms with E-state index >= 15 is 0 Å². The van der Waals surface area contributed by atoms with E-state index in [2.05, 4.69) is 10.1 Å². The van der Waals surface area contributed by atoms with E-state index in [1.807, 2.05) is 0 Å². The van der Waals surface area contributed by atoms with Crippen LogP contribution in [0.4, 0.5) is 18.9 Å². The average molecular weight is 297 g/mol. The number of halogens is 4. The van der Waals surface area contributed by atoms with Crippen LogP contribution in [0.25, 0.3) is 0 Å². The smallest absolute Gasteiger partial charge is 0.399 e. The quantitative estimate of drug-likeness (QED) is 0.647. The van der Waals surface area contributed by atoms with E-state index in [0.717, 1.165) is 0 Å². The van der Waals surface area contributed by atoms with Gasteiger partial charge in [-0.3, -0.25) is 4.79 Å². The summed E-state index contributed by atoms with van der Waals surface area (Å²) in [6, 6.07) is 4.35. The molecule has 0 aromatic heterocycles. The van der Waals surface area contributed by atoms with Gasteiger partial charge in [0.25, 0.3) is 5.91 Å². The predicted octanol–water partition coefficient (Wildman–Crippen LogP) is 2.23. The van der Waals surface area contributed by atoms with Crippen molar-refractivity contribution in [2.45, 2.75) is 6.18 Å². The molecular weight excluding hydrogens is 285 g/mol. The van der Waals surface area contributed by atoms with Gasteiger partial charge >= 0.3 is 6.18 Å². The standard InChI is InChI=1S/C11H12ClF3N2O2/c12-9-5-7(16)1-2-8(9)10(18)17-3-4-19-6-11(13,14)15/h1-2,5H,3-4,6,16H2,(H,17,18). The van der Waals surface area contributed by atoms with Gasteiger partial charge in [-0.05, 0) is 18.2 Å². The summed E-state index contributed by atoms with van der Waals surface area (Å²) in [5.74, 6) is -0.499. The Labute approximate surface area is 112 Å². The number of carbonyl (C=O) groups excluding carboxylic acids is 1. The van der Waals surface area contributed by atoms with Gasteiger partial charge in [-0.15, -0.1) is 0 Å². The van der Waals surface area contributed by atoms with Crippen molar-refractivity contribution in [1.29, 1.82) is 0 Å². The Balaban J connectivity index is 2.36. The maximum atomic E-state index is 11.8. The van der Waals surface area contributed by atoms with Crippen LogP contribution in [-0.4, -0.2) is 31.8 Å². The minimum Gasteiger partial charge on any atom is -0.399 e. The third-order valence-electron chi connectivity index (χ3n) is 2.04. The molecule has 1 aromatic rings. The zero-order valence-electron chi connectivity index (χ0n) is 9.76. The number of benzene rings is 1. The van der Waals surface area contributed by atoms with Gasteiger partial charge in [0.1, 0.15) is 6.61 Å². The molecule has 0 saturated heterocycles. The Morgan fingerprint density at radius 3 is 2.68 bits per heavy atom. The van der Waals surface area contributed by atoms with Crippen LogP contribution in [0.15, 0.2) is 18.2 Å². The van der Waals surface area contributed by atoms with Gasteiger partial charge in [-0.1, -0.05) is 11.6 Å². The number of carbonyl (C=O) groups is 1. The predicted molar refractivity (Wildman–Crippen MR) is 65.1 cm³/mol. The minimum absolute atomic E-state index is 0.0460. The van der Waals surface area contributed by atoms with E-state index < -0.39 is 18.7 Å². The van der Waals surface area contributed by atoms with Crippen LogP contribution in [0, 0.1) is 0 Å². The first-order valence-corrected chi connectivity index (χ1v) is 5.65. The summed E-state index contributed by atoms with van der Waals surface area (Å²) >= 11 is 5.80. The summed E-state index contributed by atoms with van der Waals surface area (Å²) in [6.45, 7) is -1.63. The number of ether oxygens (including phenoxy) is 1. The maximum Gasteiger partial charge on any atom is 0.411 e. The highest BCUT2D eigenvalue weighted by atomic mass is 35.5. The van der Waals surface area contributed by atoms with Gasteiger partial charge in [0.2, 0.25) is 0 Å². The monoisotopic (exact) mass is 296 g/mol. The van der Waals surface area contributed by atoms with Gasteiger partial charge in [0.15, 0.2) is 0 Å². The van der Waals surface area contributed by atoms with Crippen molar-refractivity contribution in [3.63, 3.8) is 0 Å². The number of hydrogen-bond donors (Lipinski definition) is 2. The van der Waals surface area contributed by atoms with Crippen LogP contribution < -0.4 is 11.1 Å². The lowest BCUT2D eigenvalue weighted by molar-refractivity contribution is -0.173. The number of nitrogens with one attached hydrogen (secondary N) is 1. The topological polar surface area (TPSA) is 64.4 Å². The molecule has 0 aliphatic heterocycles. The normalized spacial score (nSPS) is 11.4. The van der Waals surface area contributed by atoms with Gasteiger partial charge in [0.05, 0.1) is 17.2 Å². The number of nitrogen functional groups attached to an aromatic ring is 1. The van der Waals surface area contributed by atoms with Crippen LogP contribution >= 0.6 is 11.6 Å². The molecule has 0 unspecified atom stereocenters. The Kier molecular flexibility index (Phi) is 5.44. The Morgan fingerprint density at radius 1 is 1.42 bits per heavy atom. The number of nitrogens with two attached hydrogens (primary N) is 1. The van der Waals surface area contributed by atoms with E-state index in [4.69, 9.17) is 17.3 Å². The molecule has 4 nitrogen and oxygen atoms in total. The Morgan fingerprint density at radius 2 is 2.11 bits per heavy atom. The summed E-state index contributed by atoms with van der Waals surface area (Å²) in [7, 11) is 0. The zero-order valence-corrected chi connectivity index (χ0v) is 10.5. The maximum absolute atomic E-state index is 11.8. The van der Waals surface area contributed by atoms with Gasteiger partial charge in [-0.25, -0.2) is 0 Å². The highest BCUT2D eigenvalue weighted by Crippen LogP contribution is 2.18. The van der Waals surface area contributed by atoms with Crippen LogP contribution in [0.2, 0.25) is 5.02 Å². The van der Waals surface area contributed by atoms with Gasteiger partial charge in [0, 0.05) is 12.2 Å². The molecule has 106 valence electrons. The summed E-state index contributed by atoms with van der Waals surface area (Å²) in [5.41, 5.74) is 6.08. The van der Waals surface area contributed by atoms with Crippen molar-refractivity contribution in [1.82, 2.24) is 5.32 Å². The number of hydrogen-bond acceptors (Lipinski definition) is 3. The zero-order chi connectivity index (χ0) is 14.5. The first kappa shape index (κ1) is 15.6. The second-order valence-corrected chi connectivity index (χ2v) is 4.07. The fourth-order valence-corrected chi connectivity index (χ4v) is 1.51. The molecule has 0 bridgehead atoms. The number of alkyl halides is 3. The Bertz CT molecular complexity index is 452. The third-order valence-corrected chi connectivity index (χ3v) is 2.35. The summed E-state index contributed by atoms with van der Waals surface area (Å²) in [5, 5.41) is 2.56. The summed E-state index contributed by atoms with van der Waals surface area (Å²) < 4.78 is 39.6. The summed E-state index contributed by atoms with van der Waals surface area (Å²) in [4.78, 5) is 11.6. The van der Waals surface area contributed by atoms with E-state index in [0.29, 0.717) is 5.69 Å². The number of amides is 1. The van der Waals surface area contributed by atoms with Crippen LogP contribution in [-0.2, 0) is 4.74 Å². The van der Waals surface area contributed by atoms with Crippen LogP contribution in [0.5, 0.6) is 0 Å². The lowest BCUT2D eigenvalue weighted by Crippen LogP contribution is -2.29. The second-order valence-electron chi connectivity index (χ2n) is 3.66. The molecule has 3 N–H and O–H groups in total. The van der Waals surface area contributed by atoms with E-state index in [1.54, 1.807) is 0 Å². The van der Waals surface area contributed by atoms with Crippen LogP contribution in [0.3, 0.4) is 0 Å². The third kappa shape index (κ3) is 5.80. The molecule has 0 atom stereocenters. The van der Waals surface area contributed by atoms with E-state index in [9.17, 15) is 18.0 Å². The molecule has 1 amide bonds. The Hall–Kier alpha value is -1.47. The molecule has 0 radical (unpaired) electrons. The van der Waals surface area contributed by atoms with E-state index in [-0.39, 0.29) is 23.7 Å². The molecule has 0 heterocycles. The van der Waals surface area contributed by atoms with Crippen molar-refractivity contribution in [3.05, 3.63) is 28.8 Å². The lowest BCUT2D eigenvalue weighted by atomic mass is 10.2. The summed E-state index contributed by atoms with van der Waals surface area (Å²) in [6.07, 6.45) is -4.37. The minimum atomic E-state index is -4.37. The van der Waals surface area contributed by atoms with Crippen molar-refractivity contribution in [2.24, 2.45) is 0 Å². The first-order valence-electron chi connectivity index (χ1n) is 5.27. The van der Waals surface area contributed by atoms with Gasteiger partial charge in [-0.2, -0.15) is 13.2 Å². The molecule has 19 heavy (non-hydrogen) atoms. The fraction of sp³-hybridized carbons (Fsp3) is 0.364. The number of anilines is 1. The van der Waals surface area contributed by atoms with Crippen molar-refractivity contribution in [2.75, 3.05) is 25.5 Å². The van der Waals surface area contributed by atoms with Crippen molar-refractivity contribution in [3.8, 4) is 0 Å². The fourth-order valence-electron chi connectivity index (χ4n) is 1.24. The van der Waals surface area contributed by atoms with Crippen LogP contribution in [0.1, 0.15) is 10.4 Å². The van der Waals surface area contributed by atoms with Gasteiger partial charge < -0.3 is 15.8 Å². The largest absolute Gasteiger partial charge is 0.411 e. The molecule has 0 aliphatic carbocycles. The van der Waals surface area contributed by atoms with Crippen molar-refractivity contribution < 1.29 is 22.7 Å². The highest BCUT2D eigenvalue weighted by Gasteiger charge is 2.27. The highest BCUT2D eigenvalue weighted by molar-refractivity contribution is 6.34. The van der Waals surface area contributed by atoms with Crippen molar-refractivity contribution >= 4 is 23.2 Å². The molecule has 8 heteroatoms. The molecule has 0 fully saturated rings. The second kappa shape index (κ2) is 6.63. The van der Waals surface area contributed by atoms with E-state index in [1.165, 1.54) is 18.2 Å². The average Bonchev–Trinajstić information content (AvgIpc) is 2.26. The SMILES string of the molecule is Nc1ccc(C(=O)NCCOCC(F)(F)F)c(Cl)c1. The lowest BCUT2D eigenvalue weighted by Gasteiger charge is -2.09. The first-order chi connectivity index (χ1) is 8.79. The molecule has 0 aliphatic rings. The molecule has 0 spiro atoms. The molecule has 0 saturated carbocycles. The number of rotatable bonds is 5.